The minimum absolute atomic E-state index is 0.239. The van der Waals surface area contributed by atoms with Crippen LogP contribution in [0.1, 0.15) is 43.4 Å². The molecular weight excluding hydrogens is 236 g/mol. The molecule has 104 valence electrons. The Kier molecular flexibility index (Phi) is 4.97. The van der Waals surface area contributed by atoms with E-state index in [9.17, 15) is 4.79 Å². The Bertz CT molecular complexity index is 407. The highest BCUT2D eigenvalue weighted by molar-refractivity contribution is 5.78. The highest BCUT2D eigenvalue weighted by atomic mass is 16.2. The fourth-order valence-electron chi connectivity index (χ4n) is 2.59. The van der Waals surface area contributed by atoms with Crippen LogP contribution in [0.4, 0.5) is 0 Å². The SMILES string of the molecule is CCC(NCC(=O)N1CCCC1)c1ccc(C)cc1. The first-order valence-electron chi connectivity index (χ1n) is 7.28. The summed E-state index contributed by atoms with van der Waals surface area (Å²) in [5, 5.41) is 3.39. The molecule has 1 fully saturated rings. The molecule has 1 atom stereocenters. The number of likely N-dealkylation sites (tertiary alicyclic amines) is 1. The summed E-state index contributed by atoms with van der Waals surface area (Å²) in [4.78, 5) is 14.0. The normalized spacial score (nSPS) is 16.6. The molecule has 19 heavy (non-hydrogen) atoms. The van der Waals surface area contributed by atoms with Gasteiger partial charge in [-0.1, -0.05) is 36.8 Å². The first-order chi connectivity index (χ1) is 9.20. The van der Waals surface area contributed by atoms with Crippen LogP contribution in [0.2, 0.25) is 0 Å². The Morgan fingerprint density at radius 1 is 1.26 bits per heavy atom. The summed E-state index contributed by atoms with van der Waals surface area (Å²) >= 11 is 0. The number of nitrogens with one attached hydrogen (secondary N) is 1. The average molecular weight is 260 g/mol. The second-order valence-corrected chi connectivity index (χ2v) is 5.34. The molecule has 3 heteroatoms. The molecule has 0 aliphatic carbocycles. The van der Waals surface area contributed by atoms with E-state index in [0.717, 1.165) is 32.4 Å². The molecule has 1 aromatic carbocycles. The first-order valence-corrected chi connectivity index (χ1v) is 7.28. The number of benzene rings is 1. The minimum atomic E-state index is 0.239. The third kappa shape index (κ3) is 3.80. The Labute approximate surface area is 116 Å². The summed E-state index contributed by atoms with van der Waals surface area (Å²) in [6.45, 7) is 6.56. The van der Waals surface area contributed by atoms with Gasteiger partial charge in [-0.05, 0) is 31.7 Å². The van der Waals surface area contributed by atoms with Crippen LogP contribution >= 0.6 is 0 Å². The lowest BCUT2D eigenvalue weighted by atomic mass is 10.0. The van der Waals surface area contributed by atoms with Crippen LogP contribution in [0.5, 0.6) is 0 Å². The summed E-state index contributed by atoms with van der Waals surface area (Å²) in [5.41, 5.74) is 2.54. The monoisotopic (exact) mass is 260 g/mol. The number of aryl methyl sites for hydroxylation is 1. The molecule has 1 N–H and O–H groups in total. The zero-order chi connectivity index (χ0) is 13.7. The number of carbonyl (C=O) groups is 1. The van der Waals surface area contributed by atoms with Gasteiger partial charge in [0.2, 0.25) is 5.91 Å². The topological polar surface area (TPSA) is 32.3 Å². The molecule has 0 spiro atoms. The van der Waals surface area contributed by atoms with E-state index in [4.69, 9.17) is 0 Å². The van der Waals surface area contributed by atoms with Crippen LogP contribution in [0.3, 0.4) is 0 Å². The van der Waals surface area contributed by atoms with E-state index in [0.29, 0.717) is 6.54 Å². The first kappa shape index (κ1) is 14.1. The van der Waals surface area contributed by atoms with Crippen LogP contribution < -0.4 is 5.32 Å². The maximum Gasteiger partial charge on any atom is 0.236 e. The smallest absolute Gasteiger partial charge is 0.236 e. The highest BCUT2D eigenvalue weighted by Gasteiger charge is 2.18. The maximum absolute atomic E-state index is 12.0. The van der Waals surface area contributed by atoms with Crippen molar-refractivity contribution in [3.8, 4) is 0 Å². The van der Waals surface area contributed by atoms with Crippen molar-refractivity contribution in [1.29, 1.82) is 0 Å². The quantitative estimate of drug-likeness (QED) is 0.882. The lowest BCUT2D eigenvalue weighted by Crippen LogP contribution is -2.37. The molecule has 3 nitrogen and oxygen atoms in total. The molecule has 1 unspecified atom stereocenters. The van der Waals surface area contributed by atoms with Gasteiger partial charge in [-0.15, -0.1) is 0 Å². The predicted octanol–water partition coefficient (Wildman–Crippen LogP) is 2.66. The second-order valence-electron chi connectivity index (χ2n) is 5.34. The van der Waals surface area contributed by atoms with Gasteiger partial charge in [0.15, 0.2) is 0 Å². The van der Waals surface area contributed by atoms with Crippen molar-refractivity contribution in [3.05, 3.63) is 35.4 Å². The van der Waals surface area contributed by atoms with Gasteiger partial charge >= 0.3 is 0 Å². The van der Waals surface area contributed by atoms with Gasteiger partial charge in [-0.3, -0.25) is 4.79 Å². The average Bonchev–Trinajstić information content (AvgIpc) is 2.95. The molecule has 0 aromatic heterocycles. The third-order valence-electron chi connectivity index (χ3n) is 3.85. The lowest BCUT2D eigenvalue weighted by molar-refractivity contribution is -0.129. The molecule has 1 saturated heterocycles. The van der Waals surface area contributed by atoms with Crippen LogP contribution in [-0.4, -0.2) is 30.4 Å². The minimum Gasteiger partial charge on any atom is -0.342 e. The zero-order valence-electron chi connectivity index (χ0n) is 12.0. The number of rotatable bonds is 5. The van der Waals surface area contributed by atoms with E-state index in [1.807, 2.05) is 4.90 Å². The number of carbonyl (C=O) groups excluding carboxylic acids is 1. The van der Waals surface area contributed by atoms with Gasteiger partial charge in [0.1, 0.15) is 0 Å². The number of hydrogen-bond acceptors (Lipinski definition) is 2. The van der Waals surface area contributed by atoms with Crippen LogP contribution in [0, 0.1) is 6.92 Å². The molecule has 1 amide bonds. The van der Waals surface area contributed by atoms with Crippen molar-refractivity contribution in [3.63, 3.8) is 0 Å². The highest BCUT2D eigenvalue weighted by Crippen LogP contribution is 2.17. The van der Waals surface area contributed by atoms with Crippen LogP contribution in [0.15, 0.2) is 24.3 Å². The molecule has 0 bridgehead atoms. The molecule has 1 aliphatic rings. The Hall–Kier alpha value is -1.35. The van der Waals surface area contributed by atoms with Crippen molar-refractivity contribution in [2.45, 2.75) is 39.2 Å². The van der Waals surface area contributed by atoms with E-state index >= 15 is 0 Å². The van der Waals surface area contributed by atoms with Crippen molar-refractivity contribution >= 4 is 5.91 Å². The van der Waals surface area contributed by atoms with E-state index in [-0.39, 0.29) is 11.9 Å². The molecule has 1 heterocycles. The van der Waals surface area contributed by atoms with Gasteiger partial charge in [-0.2, -0.15) is 0 Å². The fraction of sp³-hybridized carbons (Fsp3) is 0.562. The lowest BCUT2D eigenvalue weighted by Gasteiger charge is -2.20. The Morgan fingerprint density at radius 3 is 2.47 bits per heavy atom. The van der Waals surface area contributed by atoms with Gasteiger partial charge in [0, 0.05) is 19.1 Å². The summed E-state index contributed by atoms with van der Waals surface area (Å²) in [7, 11) is 0. The molecule has 1 aliphatic heterocycles. The van der Waals surface area contributed by atoms with Crippen molar-refractivity contribution in [2.75, 3.05) is 19.6 Å². The summed E-state index contributed by atoms with van der Waals surface area (Å²) in [5.74, 6) is 0.239. The zero-order valence-corrected chi connectivity index (χ0v) is 12.0. The Balaban J connectivity index is 1.88. The summed E-state index contributed by atoms with van der Waals surface area (Å²) in [6.07, 6.45) is 3.30. The Morgan fingerprint density at radius 2 is 1.89 bits per heavy atom. The summed E-state index contributed by atoms with van der Waals surface area (Å²) in [6, 6.07) is 8.82. The second kappa shape index (κ2) is 6.71. The van der Waals surface area contributed by atoms with Crippen LogP contribution in [-0.2, 0) is 4.79 Å². The van der Waals surface area contributed by atoms with Crippen molar-refractivity contribution in [2.24, 2.45) is 0 Å². The standard InChI is InChI=1S/C16H24N2O/c1-3-15(14-8-6-13(2)7-9-14)17-12-16(19)18-10-4-5-11-18/h6-9,15,17H,3-5,10-12H2,1-2H3. The maximum atomic E-state index is 12.0. The van der Waals surface area contributed by atoms with Gasteiger partial charge < -0.3 is 10.2 Å². The fourth-order valence-corrected chi connectivity index (χ4v) is 2.59. The van der Waals surface area contributed by atoms with Crippen molar-refractivity contribution in [1.82, 2.24) is 10.2 Å². The van der Waals surface area contributed by atoms with Crippen LogP contribution in [0.25, 0.3) is 0 Å². The van der Waals surface area contributed by atoms with Gasteiger partial charge in [0.05, 0.1) is 6.54 Å². The largest absolute Gasteiger partial charge is 0.342 e. The summed E-state index contributed by atoms with van der Waals surface area (Å²) < 4.78 is 0. The molecule has 1 aromatic rings. The number of amides is 1. The molecule has 0 saturated carbocycles. The van der Waals surface area contributed by atoms with Crippen molar-refractivity contribution < 1.29 is 4.79 Å². The number of nitrogens with zero attached hydrogens (tertiary/aromatic N) is 1. The van der Waals surface area contributed by atoms with Gasteiger partial charge in [0.25, 0.3) is 0 Å². The van der Waals surface area contributed by atoms with E-state index < -0.39 is 0 Å². The molecule has 2 rings (SSSR count). The molecular formula is C16H24N2O. The van der Waals surface area contributed by atoms with E-state index in [1.54, 1.807) is 0 Å². The third-order valence-corrected chi connectivity index (χ3v) is 3.85. The molecule has 0 radical (unpaired) electrons. The van der Waals surface area contributed by atoms with E-state index in [2.05, 4.69) is 43.4 Å². The van der Waals surface area contributed by atoms with Gasteiger partial charge in [-0.25, -0.2) is 0 Å². The van der Waals surface area contributed by atoms with E-state index in [1.165, 1.54) is 11.1 Å². The predicted molar refractivity (Wildman–Crippen MR) is 78.0 cm³/mol. The number of hydrogen-bond donors (Lipinski definition) is 1.